The third-order valence-electron chi connectivity index (χ3n) is 2.62. The van der Waals surface area contributed by atoms with Crippen LogP contribution in [0, 0.1) is 0 Å². The van der Waals surface area contributed by atoms with Crippen LogP contribution in [0.15, 0.2) is 40.9 Å². The van der Waals surface area contributed by atoms with Crippen LogP contribution in [-0.4, -0.2) is 0 Å². The van der Waals surface area contributed by atoms with Gasteiger partial charge in [-0.05, 0) is 34.1 Å². The van der Waals surface area contributed by atoms with E-state index in [-0.39, 0.29) is 0 Å². The third kappa shape index (κ3) is 3.57. The quantitative estimate of drug-likeness (QED) is 0.585. The van der Waals surface area contributed by atoms with Crippen LogP contribution in [-0.2, 0) is 12.5 Å². The van der Waals surface area contributed by atoms with Gasteiger partial charge in [0.25, 0.3) is 0 Å². The zero-order chi connectivity index (χ0) is 13.8. The Balaban J connectivity index is 2.24. The number of halogens is 4. The van der Waals surface area contributed by atoms with Gasteiger partial charge in [-0.15, -0.1) is 11.6 Å². The minimum absolute atomic E-state index is 0.297. The SMILES string of the molecule is ClCc1cccc(Br)c1OCc1c(Cl)cccc1Cl. The molecular formula is C14H10BrCl3O. The summed E-state index contributed by atoms with van der Waals surface area (Å²) in [5.41, 5.74) is 1.68. The first kappa shape index (κ1) is 15.0. The lowest BCUT2D eigenvalue weighted by atomic mass is 10.2. The molecular weight excluding hydrogens is 370 g/mol. The monoisotopic (exact) mass is 378 g/mol. The topological polar surface area (TPSA) is 9.23 Å². The average molecular weight is 380 g/mol. The van der Waals surface area contributed by atoms with Crippen molar-refractivity contribution in [2.45, 2.75) is 12.5 Å². The maximum absolute atomic E-state index is 6.11. The molecule has 0 N–H and O–H groups in total. The maximum Gasteiger partial charge on any atom is 0.138 e. The third-order valence-corrected chi connectivity index (χ3v) is 4.24. The summed E-state index contributed by atoms with van der Waals surface area (Å²) >= 11 is 21.6. The minimum Gasteiger partial charge on any atom is -0.487 e. The number of ether oxygens (including phenoxy) is 1. The molecule has 0 aliphatic carbocycles. The zero-order valence-corrected chi connectivity index (χ0v) is 13.7. The van der Waals surface area contributed by atoms with E-state index in [9.17, 15) is 0 Å². The lowest BCUT2D eigenvalue weighted by molar-refractivity contribution is 0.302. The minimum atomic E-state index is 0.297. The maximum atomic E-state index is 6.11. The average Bonchev–Trinajstić information content (AvgIpc) is 2.39. The van der Waals surface area contributed by atoms with Gasteiger partial charge in [-0.1, -0.05) is 41.4 Å². The molecule has 19 heavy (non-hydrogen) atoms. The molecule has 0 aromatic heterocycles. The van der Waals surface area contributed by atoms with E-state index >= 15 is 0 Å². The Labute approximate surface area is 135 Å². The summed E-state index contributed by atoms with van der Waals surface area (Å²) in [5, 5.41) is 1.18. The van der Waals surface area contributed by atoms with Crippen LogP contribution in [0.1, 0.15) is 11.1 Å². The zero-order valence-electron chi connectivity index (χ0n) is 9.80. The normalized spacial score (nSPS) is 10.5. The van der Waals surface area contributed by atoms with Gasteiger partial charge in [0.1, 0.15) is 12.4 Å². The molecule has 5 heteroatoms. The molecule has 0 radical (unpaired) electrons. The van der Waals surface area contributed by atoms with Crippen molar-refractivity contribution in [1.29, 1.82) is 0 Å². The summed E-state index contributed by atoms with van der Waals surface area (Å²) in [4.78, 5) is 0. The van der Waals surface area contributed by atoms with Crippen LogP contribution < -0.4 is 4.74 Å². The predicted octanol–water partition coefficient (Wildman–Crippen LogP) is 6.07. The van der Waals surface area contributed by atoms with Crippen molar-refractivity contribution in [3.63, 3.8) is 0 Å². The standard InChI is InChI=1S/C14H10BrCl3O/c15-11-4-1-3-9(7-16)14(11)19-8-10-12(17)5-2-6-13(10)18/h1-6H,7-8H2. The van der Waals surface area contributed by atoms with Gasteiger partial charge in [0.2, 0.25) is 0 Å². The summed E-state index contributed by atoms with van der Waals surface area (Å²) in [7, 11) is 0. The first-order chi connectivity index (χ1) is 9.13. The van der Waals surface area contributed by atoms with Crippen LogP contribution in [0.25, 0.3) is 0 Å². The second kappa shape index (κ2) is 6.85. The van der Waals surface area contributed by atoms with E-state index in [0.717, 1.165) is 15.6 Å². The van der Waals surface area contributed by atoms with Crippen molar-refractivity contribution in [3.8, 4) is 5.75 Å². The molecule has 0 saturated heterocycles. The summed E-state index contributed by atoms with van der Waals surface area (Å²) < 4.78 is 6.66. The summed E-state index contributed by atoms with van der Waals surface area (Å²) in [6.45, 7) is 0.297. The summed E-state index contributed by atoms with van der Waals surface area (Å²) in [6, 6.07) is 11.1. The van der Waals surface area contributed by atoms with Crippen molar-refractivity contribution >= 4 is 50.7 Å². The van der Waals surface area contributed by atoms with Crippen molar-refractivity contribution in [2.75, 3.05) is 0 Å². The highest BCUT2D eigenvalue weighted by atomic mass is 79.9. The molecule has 100 valence electrons. The Kier molecular flexibility index (Phi) is 5.40. The van der Waals surface area contributed by atoms with Gasteiger partial charge in [0, 0.05) is 21.2 Å². The second-order valence-electron chi connectivity index (χ2n) is 3.85. The lowest BCUT2D eigenvalue weighted by Gasteiger charge is -2.13. The fraction of sp³-hybridized carbons (Fsp3) is 0.143. The molecule has 0 bridgehead atoms. The Morgan fingerprint density at radius 2 is 1.63 bits per heavy atom. The first-order valence-electron chi connectivity index (χ1n) is 5.52. The number of para-hydroxylation sites is 1. The van der Waals surface area contributed by atoms with Crippen LogP contribution in [0.3, 0.4) is 0 Å². The van der Waals surface area contributed by atoms with E-state index in [4.69, 9.17) is 39.5 Å². The van der Waals surface area contributed by atoms with Gasteiger partial charge in [-0.2, -0.15) is 0 Å². The number of hydrogen-bond donors (Lipinski definition) is 0. The van der Waals surface area contributed by atoms with E-state index < -0.39 is 0 Å². The molecule has 0 atom stereocenters. The number of rotatable bonds is 4. The number of alkyl halides is 1. The highest BCUT2D eigenvalue weighted by molar-refractivity contribution is 9.10. The molecule has 2 rings (SSSR count). The van der Waals surface area contributed by atoms with Crippen molar-refractivity contribution in [3.05, 3.63) is 62.0 Å². The molecule has 1 nitrogen and oxygen atoms in total. The van der Waals surface area contributed by atoms with Gasteiger partial charge >= 0.3 is 0 Å². The number of hydrogen-bond acceptors (Lipinski definition) is 1. The molecule has 0 spiro atoms. The van der Waals surface area contributed by atoms with Gasteiger partial charge in [-0.3, -0.25) is 0 Å². The van der Waals surface area contributed by atoms with Crippen molar-refractivity contribution in [2.24, 2.45) is 0 Å². The molecule has 2 aromatic rings. The lowest BCUT2D eigenvalue weighted by Crippen LogP contribution is -2.00. The molecule has 0 saturated carbocycles. The van der Waals surface area contributed by atoms with Crippen LogP contribution in [0.2, 0.25) is 10.0 Å². The van der Waals surface area contributed by atoms with E-state index in [1.165, 1.54) is 0 Å². The van der Waals surface area contributed by atoms with Gasteiger partial charge in [-0.25, -0.2) is 0 Å². The first-order valence-corrected chi connectivity index (χ1v) is 7.61. The molecule has 2 aromatic carbocycles. The highest BCUT2D eigenvalue weighted by Crippen LogP contribution is 2.32. The molecule has 0 amide bonds. The Morgan fingerprint density at radius 3 is 2.26 bits per heavy atom. The smallest absolute Gasteiger partial charge is 0.138 e. The van der Waals surface area contributed by atoms with E-state index in [1.807, 2.05) is 18.2 Å². The van der Waals surface area contributed by atoms with Crippen molar-refractivity contribution in [1.82, 2.24) is 0 Å². The van der Waals surface area contributed by atoms with Gasteiger partial charge in [0.05, 0.1) is 10.4 Å². The molecule has 0 fully saturated rings. The summed E-state index contributed by atoms with van der Waals surface area (Å²) in [5.74, 6) is 1.10. The molecule has 0 heterocycles. The van der Waals surface area contributed by atoms with E-state index in [1.54, 1.807) is 18.2 Å². The summed E-state index contributed by atoms with van der Waals surface area (Å²) in [6.07, 6.45) is 0. The van der Waals surface area contributed by atoms with Gasteiger partial charge < -0.3 is 4.74 Å². The largest absolute Gasteiger partial charge is 0.487 e. The Morgan fingerprint density at radius 1 is 1.00 bits per heavy atom. The fourth-order valence-electron chi connectivity index (χ4n) is 1.63. The fourth-order valence-corrected chi connectivity index (χ4v) is 2.87. The molecule has 0 unspecified atom stereocenters. The molecule has 0 aliphatic rings. The highest BCUT2D eigenvalue weighted by Gasteiger charge is 2.10. The second-order valence-corrected chi connectivity index (χ2v) is 5.79. The van der Waals surface area contributed by atoms with E-state index in [2.05, 4.69) is 15.9 Å². The molecule has 0 aliphatic heterocycles. The number of benzene rings is 2. The van der Waals surface area contributed by atoms with Crippen LogP contribution in [0.4, 0.5) is 0 Å². The predicted molar refractivity (Wildman–Crippen MR) is 84.5 cm³/mol. The van der Waals surface area contributed by atoms with Crippen molar-refractivity contribution < 1.29 is 4.74 Å². The Hall–Kier alpha value is -0.410. The van der Waals surface area contributed by atoms with Gasteiger partial charge in [0.15, 0.2) is 0 Å². The van der Waals surface area contributed by atoms with Crippen LogP contribution in [0.5, 0.6) is 5.75 Å². The van der Waals surface area contributed by atoms with Crippen LogP contribution >= 0.6 is 50.7 Å². The Bertz CT molecular complexity index is 567. The van der Waals surface area contributed by atoms with E-state index in [0.29, 0.717) is 28.3 Å².